The van der Waals surface area contributed by atoms with Gasteiger partial charge in [0.15, 0.2) is 17.0 Å². The molecule has 202 valence electrons. The van der Waals surface area contributed by atoms with E-state index in [4.69, 9.17) is 14.0 Å². The van der Waals surface area contributed by atoms with Crippen LogP contribution in [0.4, 0.5) is 5.82 Å². The maximum Gasteiger partial charge on any atom is 0.351 e. The lowest BCUT2D eigenvalue weighted by molar-refractivity contribution is 0.00901. The van der Waals surface area contributed by atoms with Crippen LogP contribution in [-0.2, 0) is 20.4 Å². The van der Waals surface area contributed by atoms with Crippen molar-refractivity contribution in [2.75, 3.05) is 12.4 Å². The number of fused-ring (bicyclic) bond motifs is 1. The summed E-state index contributed by atoms with van der Waals surface area (Å²) in [6, 6.07) is 11.9. The van der Waals surface area contributed by atoms with Gasteiger partial charge in [0.05, 0.1) is 31.8 Å². The second kappa shape index (κ2) is 11.4. The van der Waals surface area contributed by atoms with Crippen LogP contribution in [0.5, 0.6) is 5.75 Å². The number of pyridine rings is 1. The van der Waals surface area contributed by atoms with E-state index in [1.54, 1.807) is 41.0 Å². The van der Waals surface area contributed by atoms with Gasteiger partial charge in [-0.3, -0.25) is 23.4 Å². The number of nitrogens with one attached hydrogen (secondary N) is 1. The number of carbonyl (C=O) groups is 1. The second-order valence-electron chi connectivity index (χ2n) is 8.59. The van der Waals surface area contributed by atoms with Gasteiger partial charge < -0.3 is 24.8 Å². The first-order valence-electron chi connectivity index (χ1n) is 11.9. The first-order chi connectivity index (χ1) is 18.8. The fourth-order valence-corrected chi connectivity index (χ4v) is 4.79. The summed E-state index contributed by atoms with van der Waals surface area (Å²) >= 11 is 0. The number of rotatable bonds is 9. The Morgan fingerprint density at radius 3 is 2.85 bits per heavy atom. The third-order valence-electron chi connectivity index (χ3n) is 5.96. The number of hydrogen-bond acceptors (Lipinski definition) is 10. The highest BCUT2D eigenvalue weighted by Gasteiger charge is 2.35. The molecule has 1 amide bonds. The fourth-order valence-electron chi connectivity index (χ4n) is 4.00. The molecule has 3 aromatic heterocycles. The molecule has 0 saturated carbocycles. The van der Waals surface area contributed by atoms with Gasteiger partial charge in [-0.1, -0.05) is 18.2 Å². The lowest BCUT2D eigenvalue weighted by atomic mass is 10.2. The molecule has 1 unspecified atom stereocenters. The van der Waals surface area contributed by atoms with Crippen molar-refractivity contribution in [3.05, 3.63) is 84.5 Å². The van der Waals surface area contributed by atoms with Crippen molar-refractivity contribution in [3.8, 4) is 5.75 Å². The minimum atomic E-state index is -4.16. The van der Waals surface area contributed by atoms with Gasteiger partial charge in [0.1, 0.15) is 24.4 Å². The van der Waals surface area contributed by atoms with Crippen molar-refractivity contribution >= 4 is 30.5 Å². The standard InChI is InChI=1S/C25H25N6O7P/c1-36-18-7-9-26-17(11-18)13-37-39(34,35)10-8-20-19(32)12-21(38-20)31-15-29-22-23(27-14-28-24(22)31)30-25(33)16-5-3-2-4-6-16/h2-11,14-15,19-21,32H,12-13H2,1H3,(H,34,35)(H,27,28,30,33)/b10-8+/t19-,20+,21+/m0/s1. The Kier molecular flexibility index (Phi) is 7.77. The highest BCUT2D eigenvalue weighted by atomic mass is 31.2. The van der Waals surface area contributed by atoms with Gasteiger partial charge in [-0.05, 0) is 24.3 Å². The van der Waals surface area contributed by atoms with Gasteiger partial charge in [-0.15, -0.1) is 0 Å². The number of anilines is 1. The highest BCUT2D eigenvalue weighted by Crippen LogP contribution is 2.45. The highest BCUT2D eigenvalue weighted by molar-refractivity contribution is 7.56. The number of nitrogens with zero attached hydrogens (tertiary/aromatic N) is 5. The van der Waals surface area contributed by atoms with Crippen LogP contribution in [-0.4, -0.2) is 59.7 Å². The van der Waals surface area contributed by atoms with E-state index in [-0.39, 0.29) is 24.8 Å². The van der Waals surface area contributed by atoms with E-state index in [0.29, 0.717) is 28.2 Å². The van der Waals surface area contributed by atoms with Crippen LogP contribution >= 0.6 is 7.60 Å². The molecule has 1 aliphatic rings. The van der Waals surface area contributed by atoms with Crippen LogP contribution in [0.3, 0.4) is 0 Å². The topological polar surface area (TPSA) is 171 Å². The summed E-state index contributed by atoms with van der Waals surface area (Å²) in [5.74, 6) is 1.41. The minimum Gasteiger partial charge on any atom is -0.497 e. The molecular weight excluding hydrogens is 527 g/mol. The molecule has 1 fully saturated rings. The van der Waals surface area contributed by atoms with Crippen LogP contribution in [0.15, 0.2) is 73.2 Å². The van der Waals surface area contributed by atoms with Crippen molar-refractivity contribution in [1.82, 2.24) is 24.5 Å². The lowest BCUT2D eigenvalue weighted by Gasteiger charge is -2.14. The summed E-state index contributed by atoms with van der Waals surface area (Å²) in [6.45, 7) is -0.212. The summed E-state index contributed by atoms with van der Waals surface area (Å²) in [5, 5.41) is 13.3. The number of benzene rings is 1. The maximum atomic E-state index is 12.6. The monoisotopic (exact) mass is 552 g/mol. The van der Waals surface area contributed by atoms with E-state index in [0.717, 1.165) is 5.82 Å². The molecule has 4 atom stereocenters. The Hall–Kier alpha value is -4.00. The average Bonchev–Trinajstić information content (AvgIpc) is 3.55. The molecule has 4 heterocycles. The van der Waals surface area contributed by atoms with Gasteiger partial charge >= 0.3 is 7.60 Å². The number of aromatic nitrogens is 5. The summed E-state index contributed by atoms with van der Waals surface area (Å²) < 4.78 is 30.3. The zero-order valence-corrected chi connectivity index (χ0v) is 21.6. The number of carbonyl (C=O) groups excluding carboxylic acids is 1. The number of imidazole rings is 1. The summed E-state index contributed by atoms with van der Waals surface area (Å²) in [5.41, 5.74) is 1.61. The van der Waals surface area contributed by atoms with Gasteiger partial charge in [0.25, 0.3) is 5.91 Å². The summed E-state index contributed by atoms with van der Waals surface area (Å²) in [7, 11) is -2.66. The first-order valence-corrected chi connectivity index (χ1v) is 13.5. The van der Waals surface area contributed by atoms with Crippen LogP contribution < -0.4 is 10.1 Å². The van der Waals surface area contributed by atoms with Crippen LogP contribution in [0.2, 0.25) is 0 Å². The molecule has 1 saturated heterocycles. The van der Waals surface area contributed by atoms with E-state index in [1.165, 1.54) is 32.0 Å². The Labute approximate surface area is 222 Å². The molecule has 39 heavy (non-hydrogen) atoms. The zero-order chi connectivity index (χ0) is 27.4. The van der Waals surface area contributed by atoms with Crippen LogP contribution in [0.1, 0.15) is 28.7 Å². The Bertz CT molecular complexity index is 1550. The molecule has 0 spiro atoms. The number of hydrogen-bond donors (Lipinski definition) is 3. The molecular formula is C25H25N6O7P. The second-order valence-corrected chi connectivity index (χ2v) is 10.3. The van der Waals surface area contributed by atoms with Crippen molar-refractivity contribution in [2.24, 2.45) is 0 Å². The summed E-state index contributed by atoms with van der Waals surface area (Å²) in [4.78, 5) is 39.6. The van der Waals surface area contributed by atoms with Crippen LogP contribution in [0.25, 0.3) is 11.2 Å². The number of aliphatic hydroxyl groups excluding tert-OH is 1. The van der Waals surface area contributed by atoms with Crippen molar-refractivity contribution in [3.63, 3.8) is 0 Å². The number of ether oxygens (including phenoxy) is 2. The normalized spacial score (nSPS) is 20.7. The third kappa shape index (κ3) is 6.19. The molecule has 0 radical (unpaired) electrons. The molecule has 3 N–H and O–H groups in total. The quantitative estimate of drug-likeness (QED) is 0.261. The number of aliphatic hydroxyl groups is 1. The SMILES string of the molecule is COc1ccnc(COP(=O)(O)/C=C/[C@H]2O[C@@H](n3cnc4c(NC(=O)c5ccccc5)ncnc43)C[C@@H]2O)c1. The van der Waals surface area contributed by atoms with Gasteiger partial charge in [0, 0.05) is 30.1 Å². The molecule has 0 bridgehead atoms. The van der Waals surface area contributed by atoms with Crippen LogP contribution in [0, 0.1) is 0 Å². The van der Waals surface area contributed by atoms with E-state index in [9.17, 15) is 19.4 Å². The predicted octanol–water partition coefficient (Wildman–Crippen LogP) is 3.05. The van der Waals surface area contributed by atoms with E-state index < -0.39 is 26.0 Å². The molecule has 13 nitrogen and oxygen atoms in total. The Morgan fingerprint density at radius 1 is 1.23 bits per heavy atom. The molecule has 1 aliphatic heterocycles. The number of methoxy groups -OCH3 is 1. The molecule has 1 aromatic carbocycles. The van der Waals surface area contributed by atoms with E-state index in [2.05, 4.69) is 25.3 Å². The van der Waals surface area contributed by atoms with Crippen molar-refractivity contribution < 1.29 is 33.4 Å². The molecule has 5 rings (SSSR count). The molecule has 0 aliphatic carbocycles. The Morgan fingerprint density at radius 2 is 2.05 bits per heavy atom. The van der Waals surface area contributed by atoms with Crippen molar-refractivity contribution in [1.29, 1.82) is 0 Å². The fraction of sp³-hybridized carbons (Fsp3) is 0.240. The first kappa shape index (κ1) is 26.6. The van der Waals surface area contributed by atoms with E-state index in [1.807, 2.05) is 6.07 Å². The smallest absolute Gasteiger partial charge is 0.351 e. The van der Waals surface area contributed by atoms with Gasteiger partial charge in [0.2, 0.25) is 0 Å². The summed E-state index contributed by atoms with van der Waals surface area (Å²) in [6.07, 6.45) is 3.21. The van der Waals surface area contributed by atoms with Crippen molar-refractivity contribution in [2.45, 2.75) is 31.5 Å². The zero-order valence-electron chi connectivity index (χ0n) is 20.7. The molecule has 4 aromatic rings. The van der Waals surface area contributed by atoms with Gasteiger partial charge in [-0.2, -0.15) is 0 Å². The number of amides is 1. The maximum absolute atomic E-state index is 12.6. The minimum absolute atomic E-state index is 0.167. The predicted molar refractivity (Wildman–Crippen MR) is 139 cm³/mol. The Balaban J connectivity index is 1.25. The average molecular weight is 552 g/mol. The van der Waals surface area contributed by atoms with Gasteiger partial charge in [-0.25, -0.2) is 15.0 Å². The largest absolute Gasteiger partial charge is 0.497 e. The third-order valence-corrected chi connectivity index (χ3v) is 7.01. The lowest BCUT2D eigenvalue weighted by Crippen LogP contribution is -2.17. The molecule has 14 heteroatoms. The van der Waals surface area contributed by atoms with E-state index >= 15 is 0 Å².